The second-order valence-corrected chi connectivity index (χ2v) is 8.19. The van der Waals surface area contributed by atoms with Crippen LogP contribution >= 0.6 is 11.3 Å². The van der Waals surface area contributed by atoms with Crippen LogP contribution < -0.4 is 10.2 Å². The highest BCUT2D eigenvalue weighted by atomic mass is 32.1. The van der Waals surface area contributed by atoms with Gasteiger partial charge in [0.2, 0.25) is 11.5 Å². The Morgan fingerprint density at radius 2 is 2.07 bits per heavy atom. The maximum absolute atomic E-state index is 13.5. The summed E-state index contributed by atoms with van der Waals surface area (Å²) >= 11 is 0.644. The molecule has 3 rings (SSSR count). The van der Waals surface area contributed by atoms with Crippen LogP contribution in [0.5, 0.6) is 0 Å². The number of nitrogens with zero attached hydrogens (tertiary/aromatic N) is 2. The van der Waals surface area contributed by atoms with Gasteiger partial charge in [0, 0.05) is 42.5 Å². The predicted molar refractivity (Wildman–Crippen MR) is 101 cm³/mol. The largest absolute Gasteiger partial charge is 0.424 e. The van der Waals surface area contributed by atoms with Crippen LogP contribution in [0.2, 0.25) is 0 Å². The molecule has 5 nitrogen and oxygen atoms in total. The summed E-state index contributed by atoms with van der Waals surface area (Å²) in [4.78, 5) is 17.7. The molecule has 0 aliphatic carbocycles. The molecule has 1 amide bonds. The average molecular weight is 449 g/mol. The number of nitrogens with one attached hydrogen (secondary N) is 1. The summed E-state index contributed by atoms with van der Waals surface area (Å²) in [5, 5.41) is 13.5. The van der Waals surface area contributed by atoms with Crippen molar-refractivity contribution in [3.8, 4) is 0 Å². The molecule has 1 aromatic carbocycles. The van der Waals surface area contributed by atoms with Crippen LogP contribution in [0.1, 0.15) is 23.5 Å². The number of aryl methyl sites for hydroxylation is 1. The van der Waals surface area contributed by atoms with Gasteiger partial charge in [-0.25, -0.2) is 13.8 Å². The van der Waals surface area contributed by atoms with Crippen LogP contribution in [0, 0.1) is 24.5 Å². The summed E-state index contributed by atoms with van der Waals surface area (Å²) in [5.41, 5.74) is -2.54. The summed E-state index contributed by atoms with van der Waals surface area (Å²) in [6.45, 7) is 2.57. The molecule has 30 heavy (non-hydrogen) atoms. The third-order valence-electron chi connectivity index (χ3n) is 5.00. The molecule has 11 heteroatoms. The van der Waals surface area contributed by atoms with Gasteiger partial charge in [-0.15, -0.1) is 11.3 Å². The van der Waals surface area contributed by atoms with E-state index in [1.165, 1.54) is 18.4 Å². The predicted octanol–water partition coefficient (Wildman–Crippen LogP) is 3.51. The van der Waals surface area contributed by atoms with E-state index >= 15 is 0 Å². The Labute approximate surface area is 173 Å². The van der Waals surface area contributed by atoms with Crippen molar-refractivity contribution in [2.24, 2.45) is 5.92 Å². The minimum atomic E-state index is -5.06. The molecular formula is C19H20F5N3O2S. The first kappa shape index (κ1) is 22.4. The zero-order valence-electron chi connectivity index (χ0n) is 16.0. The zero-order valence-corrected chi connectivity index (χ0v) is 16.8. The standard InChI is InChI=1S/C19H20F5N3O2S/c1-11-10-30-17(26-11)18(29,19(22,23)24)7-16(28)25-8-12-4-5-27(9-12)13-2-3-14(20)15(21)6-13/h2-3,6,10,12,29H,4-5,7-9H2,1H3,(H,25,28). The lowest BCUT2D eigenvalue weighted by Gasteiger charge is -2.28. The monoisotopic (exact) mass is 449 g/mol. The van der Waals surface area contributed by atoms with Crippen molar-refractivity contribution in [1.82, 2.24) is 10.3 Å². The van der Waals surface area contributed by atoms with Crippen LogP contribution in [0.4, 0.5) is 27.6 Å². The molecule has 1 aliphatic rings. The number of alkyl halides is 3. The molecular weight excluding hydrogens is 429 g/mol. The number of carbonyl (C=O) groups is 1. The van der Waals surface area contributed by atoms with Gasteiger partial charge in [0.15, 0.2) is 11.6 Å². The van der Waals surface area contributed by atoms with Gasteiger partial charge >= 0.3 is 6.18 Å². The first-order valence-corrected chi connectivity index (χ1v) is 10.1. The van der Waals surface area contributed by atoms with Gasteiger partial charge in [0.25, 0.3) is 0 Å². The number of hydrogen-bond acceptors (Lipinski definition) is 5. The summed E-state index contributed by atoms with van der Waals surface area (Å²) < 4.78 is 66.9. The third-order valence-corrected chi connectivity index (χ3v) is 6.11. The van der Waals surface area contributed by atoms with Gasteiger partial charge in [0.1, 0.15) is 5.01 Å². The van der Waals surface area contributed by atoms with Gasteiger partial charge in [-0.05, 0) is 31.4 Å². The normalized spacial score (nSPS) is 19.0. The molecule has 0 radical (unpaired) electrons. The Morgan fingerprint density at radius 1 is 1.33 bits per heavy atom. The number of aromatic nitrogens is 1. The minimum absolute atomic E-state index is 0.0804. The van der Waals surface area contributed by atoms with Crippen molar-refractivity contribution in [1.29, 1.82) is 0 Å². The van der Waals surface area contributed by atoms with E-state index < -0.39 is 40.7 Å². The quantitative estimate of drug-likeness (QED) is 0.663. The highest BCUT2D eigenvalue weighted by molar-refractivity contribution is 7.09. The molecule has 0 bridgehead atoms. The molecule has 0 spiro atoms. The van der Waals surface area contributed by atoms with E-state index in [9.17, 15) is 31.9 Å². The van der Waals surface area contributed by atoms with Crippen LogP contribution in [0.25, 0.3) is 0 Å². The number of carbonyl (C=O) groups excluding carboxylic acids is 1. The number of hydrogen-bond donors (Lipinski definition) is 2. The molecule has 2 N–H and O–H groups in total. The van der Waals surface area contributed by atoms with Crippen molar-refractivity contribution in [2.45, 2.75) is 31.5 Å². The molecule has 2 heterocycles. The molecule has 1 aromatic heterocycles. The Kier molecular flexibility index (Phi) is 6.32. The number of rotatable bonds is 6. The van der Waals surface area contributed by atoms with E-state index in [1.54, 1.807) is 0 Å². The minimum Gasteiger partial charge on any atom is -0.374 e. The van der Waals surface area contributed by atoms with E-state index in [-0.39, 0.29) is 12.5 Å². The molecule has 2 unspecified atom stereocenters. The van der Waals surface area contributed by atoms with Gasteiger partial charge in [-0.1, -0.05) is 0 Å². The second kappa shape index (κ2) is 8.46. The molecule has 1 aliphatic heterocycles. The van der Waals surface area contributed by atoms with Gasteiger partial charge in [-0.3, -0.25) is 4.79 Å². The topological polar surface area (TPSA) is 65.5 Å². The Balaban J connectivity index is 1.58. The Bertz CT molecular complexity index is 920. The zero-order chi connectivity index (χ0) is 22.1. The maximum Gasteiger partial charge on any atom is 0.424 e. The number of amides is 1. The van der Waals surface area contributed by atoms with Crippen LogP contribution in [0.15, 0.2) is 23.6 Å². The van der Waals surface area contributed by atoms with E-state index in [0.29, 0.717) is 42.2 Å². The fraction of sp³-hybridized carbons (Fsp3) is 0.474. The first-order chi connectivity index (χ1) is 14.0. The molecule has 2 atom stereocenters. The number of anilines is 1. The second-order valence-electron chi connectivity index (χ2n) is 7.33. The highest BCUT2D eigenvalue weighted by Gasteiger charge is 2.58. The van der Waals surface area contributed by atoms with E-state index in [4.69, 9.17) is 0 Å². The third kappa shape index (κ3) is 4.72. The SMILES string of the molecule is Cc1csc(C(O)(CC(=O)NCC2CCN(c3ccc(F)c(F)c3)C2)C(F)(F)F)n1. The van der Waals surface area contributed by atoms with E-state index in [1.807, 2.05) is 4.90 Å². The Morgan fingerprint density at radius 3 is 2.67 bits per heavy atom. The fourth-order valence-electron chi connectivity index (χ4n) is 3.31. The summed E-state index contributed by atoms with van der Waals surface area (Å²) in [6.07, 6.45) is -5.64. The smallest absolute Gasteiger partial charge is 0.374 e. The molecule has 2 aromatic rings. The average Bonchev–Trinajstić information content (AvgIpc) is 3.30. The maximum atomic E-state index is 13.5. The van der Waals surface area contributed by atoms with Crippen LogP contribution in [-0.4, -0.2) is 41.8 Å². The van der Waals surface area contributed by atoms with Gasteiger partial charge < -0.3 is 15.3 Å². The van der Waals surface area contributed by atoms with Crippen LogP contribution in [0.3, 0.4) is 0 Å². The van der Waals surface area contributed by atoms with Crippen molar-refractivity contribution < 1.29 is 31.9 Å². The molecule has 1 saturated heterocycles. The fourth-order valence-corrected chi connectivity index (χ4v) is 4.22. The Hall–Kier alpha value is -2.27. The summed E-state index contributed by atoms with van der Waals surface area (Å²) in [6, 6.07) is 3.55. The molecule has 164 valence electrons. The van der Waals surface area contributed by atoms with Crippen molar-refractivity contribution in [2.75, 3.05) is 24.5 Å². The van der Waals surface area contributed by atoms with Gasteiger partial charge in [-0.2, -0.15) is 13.2 Å². The lowest BCUT2D eigenvalue weighted by molar-refractivity contribution is -0.267. The van der Waals surface area contributed by atoms with Crippen LogP contribution in [-0.2, 0) is 10.4 Å². The first-order valence-electron chi connectivity index (χ1n) is 9.18. The number of halogens is 5. The van der Waals surface area contributed by atoms with Crippen molar-refractivity contribution >= 4 is 22.9 Å². The lowest BCUT2D eigenvalue weighted by atomic mass is 9.99. The van der Waals surface area contributed by atoms with E-state index in [2.05, 4.69) is 10.3 Å². The van der Waals surface area contributed by atoms with Crippen molar-refractivity contribution in [3.05, 3.63) is 45.9 Å². The molecule has 1 fully saturated rings. The summed E-state index contributed by atoms with van der Waals surface area (Å²) in [7, 11) is 0. The summed E-state index contributed by atoms with van der Waals surface area (Å²) in [5.74, 6) is -2.94. The number of benzene rings is 1. The number of aliphatic hydroxyl groups is 1. The lowest BCUT2D eigenvalue weighted by Crippen LogP contribution is -2.46. The van der Waals surface area contributed by atoms with E-state index in [0.717, 1.165) is 12.1 Å². The molecule has 0 saturated carbocycles. The highest BCUT2D eigenvalue weighted by Crippen LogP contribution is 2.42. The number of thiazole rings is 1. The van der Waals surface area contributed by atoms with Gasteiger partial charge in [0.05, 0.1) is 6.42 Å². The van der Waals surface area contributed by atoms with Crippen molar-refractivity contribution in [3.63, 3.8) is 0 Å².